The summed E-state index contributed by atoms with van der Waals surface area (Å²) in [6, 6.07) is 14.4. The number of fused-ring (bicyclic) bond motifs is 1. The Kier molecular flexibility index (Phi) is 6.53. The molecule has 2 aromatic carbocycles. The Morgan fingerprint density at radius 3 is 2.45 bits per heavy atom. The molecule has 0 saturated carbocycles. The maximum atomic E-state index is 12.7. The zero-order chi connectivity index (χ0) is 22.2. The Bertz CT molecular complexity index is 1040. The second-order valence-corrected chi connectivity index (χ2v) is 10.9. The summed E-state index contributed by atoms with van der Waals surface area (Å²) in [5.41, 5.74) is 2.10. The molecule has 0 N–H and O–H groups in total. The minimum absolute atomic E-state index is 0.0657. The summed E-state index contributed by atoms with van der Waals surface area (Å²) < 4.78 is 36.9. The predicted molar refractivity (Wildman–Crippen MR) is 120 cm³/mol. The van der Waals surface area contributed by atoms with Crippen molar-refractivity contribution in [3.63, 3.8) is 0 Å². The molecule has 0 amide bonds. The minimum Gasteiger partial charge on any atom is -0.457 e. The molecule has 8 heteroatoms. The van der Waals surface area contributed by atoms with E-state index in [0.29, 0.717) is 12.5 Å². The van der Waals surface area contributed by atoms with Gasteiger partial charge in [0, 0.05) is 17.1 Å². The number of esters is 1. The highest BCUT2D eigenvalue weighted by molar-refractivity contribution is 9.10. The molecule has 0 aromatic heterocycles. The van der Waals surface area contributed by atoms with Gasteiger partial charge in [-0.05, 0) is 55.5 Å². The molecule has 0 bridgehead atoms. The minimum atomic E-state index is -3.92. The quantitative estimate of drug-likeness (QED) is 0.445. The number of carbonyl (C=O) groups excluding carboxylic acids is 1. The van der Waals surface area contributed by atoms with Gasteiger partial charge in [-0.1, -0.05) is 52.7 Å². The summed E-state index contributed by atoms with van der Waals surface area (Å²) in [5, 5.41) is 0. The van der Waals surface area contributed by atoms with Gasteiger partial charge in [0.2, 0.25) is 0 Å². The summed E-state index contributed by atoms with van der Waals surface area (Å²) >= 11 is 3.47. The molecule has 4 rings (SSSR count). The number of ether oxygens (including phenoxy) is 1. The number of hydrogen-bond acceptors (Lipinski definition) is 6. The molecule has 6 nitrogen and oxygen atoms in total. The van der Waals surface area contributed by atoms with Crippen LogP contribution in [0.1, 0.15) is 36.9 Å². The first-order valence-electron chi connectivity index (χ1n) is 10.4. The van der Waals surface area contributed by atoms with E-state index in [0.717, 1.165) is 28.4 Å². The van der Waals surface area contributed by atoms with Gasteiger partial charge in [-0.3, -0.25) is 13.9 Å². The molecular formula is C23H26BrNO5S. The first-order chi connectivity index (χ1) is 14.7. The molecule has 2 aliphatic heterocycles. The lowest BCUT2D eigenvalue weighted by Crippen LogP contribution is -2.58. The van der Waals surface area contributed by atoms with E-state index in [9.17, 15) is 13.2 Å². The van der Waals surface area contributed by atoms with Crippen molar-refractivity contribution >= 4 is 32.0 Å². The average molecular weight is 508 g/mol. The highest BCUT2D eigenvalue weighted by Gasteiger charge is 2.45. The van der Waals surface area contributed by atoms with Crippen molar-refractivity contribution in [2.24, 2.45) is 5.92 Å². The molecular weight excluding hydrogens is 482 g/mol. The molecule has 0 unspecified atom stereocenters. The van der Waals surface area contributed by atoms with Crippen LogP contribution in [0.4, 0.5) is 0 Å². The zero-order valence-corrected chi connectivity index (χ0v) is 19.9. The second-order valence-electron chi connectivity index (χ2n) is 8.37. The monoisotopic (exact) mass is 507 g/mol. The third kappa shape index (κ3) is 4.87. The highest BCUT2D eigenvalue weighted by Crippen LogP contribution is 2.41. The van der Waals surface area contributed by atoms with Crippen molar-refractivity contribution < 1.29 is 22.1 Å². The molecule has 4 atom stereocenters. The first kappa shape index (κ1) is 22.5. The molecule has 166 valence electrons. The number of benzene rings is 2. The Labute approximate surface area is 191 Å². The molecule has 2 saturated heterocycles. The van der Waals surface area contributed by atoms with Gasteiger partial charge in [-0.25, -0.2) is 0 Å². The van der Waals surface area contributed by atoms with Crippen LogP contribution in [0, 0.1) is 12.8 Å². The molecule has 2 aromatic rings. The van der Waals surface area contributed by atoms with Crippen LogP contribution in [0.3, 0.4) is 0 Å². The van der Waals surface area contributed by atoms with Crippen molar-refractivity contribution in [2.75, 3.05) is 13.2 Å². The average Bonchev–Trinajstić information content (AvgIpc) is 2.73. The number of morpholine rings is 1. The van der Waals surface area contributed by atoms with E-state index in [1.165, 1.54) is 12.1 Å². The van der Waals surface area contributed by atoms with Crippen molar-refractivity contribution in [3.05, 3.63) is 64.1 Å². The van der Waals surface area contributed by atoms with Gasteiger partial charge >= 0.3 is 5.97 Å². The normalized spacial score (nSPS) is 26.9. The lowest BCUT2D eigenvalue weighted by molar-refractivity contribution is -0.176. The van der Waals surface area contributed by atoms with Crippen LogP contribution >= 0.6 is 15.9 Å². The molecule has 0 radical (unpaired) electrons. The Morgan fingerprint density at radius 2 is 1.77 bits per heavy atom. The van der Waals surface area contributed by atoms with Gasteiger partial charge in [-0.2, -0.15) is 8.42 Å². The number of aryl methyl sites for hydroxylation is 1. The number of cyclic esters (lactones) is 1. The molecule has 0 spiro atoms. The Hall–Kier alpha value is -1.74. The van der Waals surface area contributed by atoms with E-state index in [1.54, 1.807) is 12.1 Å². The van der Waals surface area contributed by atoms with Gasteiger partial charge in [0.1, 0.15) is 18.8 Å². The molecule has 2 fully saturated rings. The van der Waals surface area contributed by atoms with Crippen LogP contribution in [-0.4, -0.2) is 44.6 Å². The van der Waals surface area contributed by atoms with Crippen molar-refractivity contribution in [1.82, 2.24) is 4.90 Å². The Morgan fingerprint density at radius 1 is 1.10 bits per heavy atom. The highest BCUT2D eigenvalue weighted by atomic mass is 79.9. The van der Waals surface area contributed by atoms with Gasteiger partial charge < -0.3 is 4.74 Å². The first-order valence-corrected chi connectivity index (χ1v) is 12.6. The number of nitrogens with zero attached hydrogens (tertiary/aromatic N) is 1. The SMILES string of the molecule is Cc1ccc(S(=O)(=O)OC[C@@H]2CN3[C@@H](CC[C@@H](C)[C@@H]3c3ccc(Br)cc3)C(=O)O2)cc1. The van der Waals surface area contributed by atoms with Crippen LogP contribution in [0.15, 0.2) is 57.9 Å². The molecule has 2 aliphatic rings. The van der Waals surface area contributed by atoms with Gasteiger partial charge in [0.05, 0.1) is 4.90 Å². The largest absolute Gasteiger partial charge is 0.457 e. The van der Waals surface area contributed by atoms with Gasteiger partial charge in [0.25, 0.3) is 10.1 Å². The molecule has 2 heterocycles. The van der Waals surface area contributed by atoms with Crippen LogP contribution in [0.25, 0.3) is 0 Å². The van der Waals surface area contributed by atoms with Crippen LogP contribution in [0.2, 0.25) is 0 Å². The van der Waals surface area contributed by atoms with Crippen molar-refractivity contribution in [2.45, 2.75) is 49.8 Å². The lowest BCUT2D eigenvalue weighted by Gasteiger charge is -2.48. The predicted octanol–water partition coefficient (Wildman–Crippen LogP) is 4.23. The van der Waals surface area contributed by atoms with Crippen molar-refractivity contribution in [3.8, 4) is 0 Å². The standard InChI is InChI=1S/C23H26BrNO5S/c1-15-3-10-20(11-4-15)31(27,28)29-14-19-13-25-21(23(26)30-19)12-5-16(2)22(25)17-6-8-18(24)9-7-17/h3-4,6-11,16,19,21-22H,5,12-14H2,1-2H3/t16-,19+,21+,22-/m1/s1. The van der Waals surface area contributed by atoms with Crippen LogP contribution < -0.4 is 0 Å². The zero-order valence-electron chi connectivity index (χ0n) is 17.5. The summed E-state index contributed by atoms with van der Waals surface area (Å²) in [6.45, 7) is 4.31. The number of piperidine rings is 1. The number of rotatable bonds is 5. The summed E-state index contributed by atoms with van der Waals surface area (Å²) in [5.74, 6) is 0.0581. The number of hydrogen-bond donors (Lipinski definition) is 0. The smallest absolute Gasteiger partial charge is 0.323 e. The van der Waals surface area contributed by atoms with Gasteiger partial charge in [0.15, 0.2) is 0 Å². The Balaban J connectivity index is 1.50. The lowest BCUT2D eigenvalue weighted by atomic mass is 9.82. The fraction of sp³-hybridized carbons (Fsp3) is 0.435. The second kappa shape index (κ2) is 9.02. The molecule has 31 heavy (non-hydrogen) atoms. The van der Waals surface area contributed by atoms with E-state index in [2.05, 4.69) is 39.9 Å². The van der Waals surface area contributed by atoms with E-state index < -0.39 is 16.2 Å². The van der Waals surface area contributed by atoms with Crippen LogP contribution in [0.5, 0.6) is 0 Å². The maximum Gasteiger partial charge on any atom is 0.323 e. The number of carbonyl (C=O) groups is 1. The third-order valence-electron chi connectivity index (χ3n) is 6.09. The fourth-order valence-electron chi connectivity index (χ4n) is 4.48. The van der Waals surface area contributed by atoms with E-state index in [-0.39, 0.29) is 29.6 Å². The maximum absolute atomic E-state index is 12.7. The summed E-state index contributed by atoms with van der Waals surface area (Å²) in [6.07, 6.45) is 1.02. The number of halogens is 1. The van der Waals surface area contributed by atoms with E-state index in [4.69, 9.17) is 8.92 Å². The topological polar surface area (TPSA) is 72.9 Å². The van der Waals surface area contributed by atoms with Crippen molar-refractivity contribution in [1.29, 1.82) is 0 Å². The summed E-state index contributed by atoms with van der Waals surface area (Å²) in [4.78, 5) is 15.0. The van der Waals surface area contributed by atoms with E-state index >= 15 is 0 Å². The summed E-state index contributed by atoms with van der Waals surface area (Å²) in [7, 11) is -3.92. The molecule has 0 aliphatic carbocycles. The van der Waals surface area contributed by atoms with Gasteiger partial charge in [-0.15, -0.1) is 0 Å². The third-order valence-corrected chi connectivity index (χ3v) is 7.92. The fourth-order valence-corrected chi connectivity index (χ4v) is 5.68. The van der Waals surface area contributed by atoms with E-state index in [1.807, 2.05) is 19.1 Å². The van der Waals surface area contributed by atoms with Crippen LogP contribution in [-0.2, 0) is 23.8 Å².